The summed E-state index contributed by atoms with van der Waals surface area (Å²) in [6, 6.07) is 1.82. The standard InChI is InChI=1S/C15H25N5/c1-11-9-20(10-12(2)19(11)3)15-8-17-14(7-18-15)6-16-13-4-5-13/h7-8,11-13,16H,4-6,9-10H2,1-3H3. The Morgan fingerprint density at radius 1 is 1.15 bits per heavy atom. The van der Waals surface area contributed by atoms with Gasteiger partial charge in [-0.1, -0.05) is 0 Å². The second-order valence-electron chi connectivity index (χ2n) is 6.29. The molecular formula is C15H25N5. The zero-order valence-corrected chi connectivity index (χ0v) is 12.7. The summed E-state index contributed by atoms with van der Waals surface area (Å²) in [6.07, 6.45) is 6.46. The molecule has 0 amide bonds. The molecule has 0 aromatic carbocycles. The second-order valence-corrected chi connectivity index (χ2v) is 6.29. The van der Waals surface area contributed by atoms with Crippen LogP contribution in [0.4, 0.5) is 5.82 Å². The lowest BCUT2D eigenvalue weighted by Crippen LogP contribution is -2.55. The molecule has 2 fully saturated rings. The summed E-state index contributed by atoms with van der Waals surface area (Å²) in [5, 5.41) is 3.47. The number of likely N-dealkylation sites (N-methyl/N-ethyl adjacent to an activating group) is 1. The highest BCUT2D eigenvalue weighted by atomic mass is 15.3. The summed E-state index contributed by atoms with van der Waals surface area (Å²) in [5.74, 6) is 1.01. The van der Waals surface area contributed by atoms with Gasteiger partial charge in [-0.2, -0.15) is 0 Å². The highest BCUT2D eigenvalue weighted by Crippen LogP contribution is 2.20. The largest absolute Gasteiger partial charge is 0.352 e. The Balaban J connectivity index is 1.61. The molecule has 1 N–H and O–H groups in total. The van der Waals surface area contributed by atoms with Crippen LogP contribution < -0.4 is 10.2 Å². The molecule has 0 bridgehead atoms. The Kier molecular flexibility index (Phi) is 3.89. The van der Waals surface area contributed by atoms with Crippen molar-refractivity contribution in [3.05, 3.63) is 18.1 Å². The highest BCUT2D eigenvalue weighted by Gasteiger charge is 2.27. The number of aromatic nitrogens is 2. The Bertz CT molecular complexity index is 430. The molecule has 1 aliphatic carbocycles. The van der Waals surface area contributed by atoms with Gasteiger partial charge in [0.1, 0.15) is 5.82 Å². The SMILES string of the molecule is CC1CN(c2cnc(CNC3CC3)cn2)CC(C)N1C. The predicted octanol–water partition coefficient (Wildman–Crippen LogP) is 1.26. The van der Waals surface area contributed by atoms with Gasteiger partial charge in [-0.25, -0.2) is 4.98 Å². The van der Waals surface area contributed by atoms with Gasteiger partial charge in [0.2, 0.25) is 0 Å². The van der Waals surface area contributed by atoms with Crippen LogP contribution in [0.5, 0.6) is 0 Å². The quantitative estimate of drug-likeness (QED) is 0.896. The summed E-state index contributed by atoms with van der Waals surface area (Å²) >= 11 is 0. The Labute approximate surface area is 121 Å². The first-order chi connectivity index (χ1) is 9.63. The first-order valence-electron chi connectivity index (χ1n) is 7.64. The number of nitrogens with zero attached hydrogens (tertiary/aromatic N) is 4. The van der Waals surface area contributed by atoms with E-state index in [-0.39, 0.29) is 0 Å². The molecule has 1 saturated carbocycles. The van der Waals surface area contributed by atoms with Gasteiger partial charge in [0.05, 0.1) is 18.1 Å². The van der Waals surface area contributed by atoms with Crippen LogP contribution in [-0.4, -0.2) is 53.1 Å². The Hall–Kier alpha value is -1.20. The minimum atomic E-state index is 0.553. The monoisotopic (exact) mass is 275 g/mol. The van der Waals surface area contributed by atoms with Crippen molar-refractivity contribution in [2.75, 3.05) is 25.0 Å². The first kappa shape index (κ1) is 13.8. The fraction of sp³-hybridized carbons (Fsp3) is 0.733. The molecule has 2 aliphatic rings. The van der Waals surface area contributed by atoms with Gasteiger partial charge in [0, 0.05) is 37.8 Å². The van der Waals surface area contributed by atoms with Gasteiger partial charge in [-0.3, -0.25) is 9.88 Å². The topological polar surface area (TPSA) is 44.3 Å². The van der Waals surface area contributed by atoms with Gasteiger partial charge in [-0.05, 0) is 33.7 Å². The third-order valence-electron chi connectivity index (χ3n) is 4.52. The molecule has 2 heterocycles. The molecule has 2 unspecified atom stereocenters. The second kappa shape index (κ2) is 5.66. The molecule has 20 heavy (non-hydrogen) atoms. The molecule has 5 nitrogen and oxygen atoms in total. The van der Waals surface area contributed by atoms with Crippen LogP contribution in [0, 0.1) is 0 Å². The van der Waals surface area contributed by atoms with E-state index in [1.54, 1.807) is 0 Å². The maximum Gasteiger partial charge on any atom is 0.147 e. The molecule has 0 radical (unpaired) electrons. The molecular weight excluding hydrogens is 250 g/mol. The number of hydrogen-bond donors (Lipinski definition) is 1. The number of rotatable bonds is 4. The van der Waals surface area contributed by atoms with E-state index in [0.717, 1.165) is 37.2 Å². The molecule has 110 valence electrons. The van der Waals surface area contributed by atoms with Crippen LogP contribution in [0.15, 0.2) is 12.4 Å². The van der Waals surface area contributed by atoms with Crippen molar-refractivity contribution >= 4 is 5.82 Å². The predicted molar refractivity (Wildman–Crippen MR) is 80.8 cm³/mol. The van der Waals surface area contributed by atoms with Crippen molar-refractivity contribution in [1.82, 2.24) is 20.2 Å². The highest BCUT2D eigenvalue weighted by molar-refractivity contribution is 5.37. The smallest absolute Gasteiger partial charge is 0.147 e. The average Bonchev–Trinajstić information content (AvgIpc) is 3.27. The normalized spacial score (nSPS) is 27.9. The lowest BCUT2D eigenvalue weighted by Gasteiger charge is -2.42. The molecule has 5 heteroatoms. The van der Waals surface area contributed by atoms with Crippen LogP contribution in [0.1, 0.15) is 32.4 Å². The van der Waals surface area contributed by atoms with Gasteiger partial charge >= 0.3 is 0 Å². The van der Waals surface area contributed by atoms with Crippen LogP contribution in [0.2, 0.25) is 0 Å². The fourth-order valence-electron chi connectivity index (χ4n) is 2.73. The first-order valence-corrected chi connectivity index (χ1v) is 7.64. The summed E-state index contributed by atoms with van der Waals surface area (Å²) < 4.78 is 0. The molecule has 1 saturated heterocycles. The summed E-state index contributed by atoms with van der Waals surface area (Å²) in [4.78, 5) is 13.9. The number of piperazine rings is 1. The van der Waals surface area contributed by atoms with Crippen molar-refractivity contribution in [1.29, 1.82) is 0 Å². The lowest BCUT2D eigenvalue weighted by molar-refractivity contribution is 0.169. The van der Waals surface area contributed by atoms with E-state index >= 15 is 0 Å². The third kappa shape index (κ3) is 3.10. The molecule has 2 atom stereocenters. The maximum atomic E-state index is 4.60. The minimum absolute atomic E-state index is 0.553. The zero-order valence-electron chi connectivity index (χ0n) is 12.7. The Morgan fingerprint density at radius 3 is 2.40 bits per heavy atom. The van der Waals surface area contributed by atoms with E-state index in [2.05, 4.69) is 46.0 Å². The number of nitrogens with one attached hydrogen (secondary N) is 1. The van der Waals surface area contributed by atoms with Crippen molar-refractivity contribution in [2.45, 2.75) is 51.4 Å². The zero-order chi connectivity index (χ0) is 14.1. The Morgan fingerprint density at radius 2 is 1.85 bits per heavy atom. The van der Waals surface area contributed by atoms with E-state index in [4.69, 9.17) is 0 Å². The van der Waals surface area contributed by atoms with Crippen LogP contribution in [-0.2, 0) is 6.54 Å². The average molecular weight is 275 g/mol. The molecule has 1 aromatic rings. The van der Waals surface area contributed by atoms with Crippen LogP contribution in [0.25, 0.3) is 0 Å². The van der Waals surface area contributed by atoms with Gasteiger partial charge in [0.25, 0.3) is 0 Å². The summed E-state index contributed by atoms with van der Waals surface area (Å²) in [6.45, 7) is 7.42. The molecule has 1 aromatic heterocycles. The van der Waals surface area contributed by atoms with Crippen molar-refractivity contribution in [3.8, 4) is 0 Å². The van der Waals surface area contributed by atoms with E-state index in [1.165, 1.54) is 12.8 Å². The van der Waals surface area contributed by atoms with E-state index in [9.17, 15) is 0 Å². The summed E-state index contributed by atoms with van der Waals surface area (Å²) in [7, 11) is 2.20. The molecule has 0 spiro atoms. The molecule has 3 rings (SSSR count). The van der Waals surface area contributed by atoms with Crippen molar-refractivity contribution in [2.24, 2.45) is 0 Å². The van der Waals surface area contributed by atoms with Gasteiger partial charge < -0.3 is 10.2 Å². The van der Waals surface area contributed by atoms with Crippen molar-refractivity contribution < 1.29 is 0 Å². The van der Waals surface area contributed by atoms with Crippen LogP contribution in [0.3, 0.4) is 0 Å². The van der Waals surface area contributed by atoms with E-state index < -0.39 is 0 Å². The van der Waals surface area contributed by atoms with E-state index in [1.807, 2.05) is 12.4 Å². The minimum Gasteiger partial charge on any atom is -0.352 e. The summed E-state index contributed by atoms with van der Waals surface area (Å²) in [5.41, 5.74) is 1.04. The number of anilines is 1. The van der Waals surface area contributed by atoms with Crippen molar-refractivity contribution in [3.63, 3.8) is 0 Å². The van der Waals surface area contributed by atoms with Crippen LogP contribution >= 0.6 is 0 Å². The van der Waals surface area contributed by atoms with Gasteiger partial charge in [-0.15, -0.1) is 0 Å². The molecule has 1 aliphatic heterocycles. The van der Waals surface area contributed by atoms with Gasteiger partial charge in [0.15, 0.2) is 0 Å². The third-order valence-corrected chi connectivity index (χ3v) is 4.52. The lowest BCUT2D eigenvalue weighted by atomic mass is 10.1. The fourth-order valence-corrected chi connectivity index (χ4v) is 2.73. The number of hydrogen-bond acceptors (Lipinski definition) is 5. The van der Waals surface area contributed by atoms with E-state index in [0.29, 0.717) is 12.1 Å². The maximum absolute atomic E-state index is 4.60.